The van der Waals surface area contributed by atoms with Crippen LogP contribution in [-0.4, -0.2) is 48.9 Å². The van der Waals surface area contributed by atoms with Crippen LogP contribution in [0.5, 0.6) is 0 Å². The van der Waals surface area contributed by atoms with Crippen molar-refractivity contribution < 1.29 is 9.59 Å². The smallest absolute Gasteiger partial charge is 0.227 e. The molecule has 5 heteroatoms. The SMILES string of the molecule is O=C(NC1CN2CCC1CC2)C1CC(=O)N(c2ccccc2)C1. The second-order valence-electron chi connectivity index (χ2n) is 6.99. The number of nitrogens with one attached hydrogen (secondary N) is 1. The van der Waals surface area contributed by atoms with Crippen molar-refractivity contribution in [2.75, 3.05) is 31.1 Å². The van der Waals surface area contributed by atoms with Crippen molar-refractivity contribution in [1.82, 2.24) is 10.2 Å². The minimum atomic E-state index is -0.224. The molecule has 1 aromatic carbocycles. The molecule has 122 valence electrons. The summed E-state index contributed by atoms with van der Waals surface area (Å²) in [7, 11) is 0. The highest BCUT2D eigenvalue weighted by Gasteiger charge is 2.39. The van der Waals surface area contributed by atoms with Gasteiger partial charge < -0.3 is 15.1 Å². The fourth-order valence-corrected chi connectivity index (χ4v) is 4.17. The number of fused-ring (bicyclic) bond motifs is 3. The van der Waals surface area contributed by atoms with Gasteiger partial charge in [0.2, 0.25) is 11.8 Å². The highest BCUT2D eigenvalue weighted by atomic mass is 16.2. The number of anilines is 1. The van der Waals surface area contributed by atoms with Crippen LogP contribution in [0.25, 0.3) is 0 Å². The summed E-state index contributed by atoms with van der Waals surface area (Å²) in [5.41, 5.74) is 0.885. The third-order valence-electron chi connectivity index (χ3n) is 5.55. The molecule has 0 radical (unpaired) electrons. The standard InChI is InChI=1S/C18H23N3O2/c22-17-10-14(11-21(17)15-4-2-1-3-5-15)18(23)19-16-12-20-8-6-13(16)7-9-20/h1-5,13-14,16H,6-12H2,(H,19,23). The maximum atomic E-state index is 12.6. The maximum Gasteiger partial charge on any atom is 0.227 e. The lowest BCUT2D eigenvalue weighted by molar-refractivity contribution is -0.128. The molecule has 2 amide bonds. The summed E-state index contributed by atoms with van der Waals surface area (Å²) < 4.78 is 0. The molecular weight excluding hydrogens is 290 g/mol. The lowest BCUT2D eigenvalue weighted by Gasteiger charge is -2.45. The van der Waals surface area contributed by atoms with Crippen LogP contribution >= 0.6 is 0 Å². The largest absolute Gasteiger partial charge is 0.351 e. The fourth-order valence-electron chi connectivity index (χ4n) is 4.17. The van der Waals surface area contributed by atoms with Gasteiger partial charge in [-0.05, 0) is 44.0 Å². The van der Waals surface area contributed by atoms with Crippen LogP contribution in [0.1, 0.15) is 19.3 Å². The predicted molar refractivity (Wildman–Crippen MR) is 88.0 cm³/mol. The number of para-hydroxylation sites is 1. The average molecular weight is 313 g/mol. The van der Waals surface area contributed by atoms with Crippen molar-refractivity contribution in [3.63, 3.8) is 0 Å². The third-order valence-corrected chi connectivity index (χ3v) is 5.55. The fraction of sp³-hybridized carbons (Fsp3) is 0.556. The second kappa shape index (κ2) is 5.96. The Morgan fingerprint density at radius 1 is 1.09 bits per heavy atom. The number of hydrogen-bond donors (Lipinski definition) is 1. The summed E-state index contributed by atoms with van der Waals surface area (Å²) in [5.74, 6) is 0.491. The highest BCUT2D eigenvalue weighted by molar-refractivity contribution is 6.00. The summed E-state index contributed by atoms with van der Waals surface area (Å²) in [4.78, 5) is 29.0. The topological polar surface area (TPSA) is 52.7 Å². The van der Waals surface area contributed by atoms with Crippen LogP contribution in [0, 0.1) is 11.8 Å². The van der Waals surface area contributed by atoms with Crippen molar-refractivity contribution in [3.8, 4) is 0 Å². The normalized spacial score (nSPS) is 33.0. The van der Waals surface area contributed by atoms with Crippen molar-refractivity contribution in [2.24, 2.45) is 11.8 Å². The first-order chi connectivity index (χ1) is 11.2. The first kappa shape index (κ1) is 14.7. The van der Waals surface area contributed by atoms with Crippen LogP contribution in [-0.2, 0) is 9.59 Å². The number of amides is 2. The van der Waals surface area contributed by atoms with Crippen LogP contribution in [0.3, 0.4) is 0 Å². The van der Waals surface area contributed by atoms with E-state index in [0.29, 0.717) is 18.9 Å². The van der Waals surface area contributed by atoms with Crippen LogP contribution in [0.15, 0.2) is 30.3 Å². The number of benzene rings is 1. The Labute approximate surface area is 136 Å². The van der Waals surface area contributed by atoms with Crippen molar-refractivity contribution in [3.05, 3.63) is 30.3 Å². The van der Waals surface area contributed by atoms with Crippen molar-refractivity contribution >= 4 is 17.5 Å². The van der Waals surface area contributed by atoms with Gasteiger partial charge in [0, 0.05) is 31.2 Å². The third kappa shape index (κ3) is 2.85. The Morgan fingerprint density at radius 3 is 2.48 bits per heavy atom. The number of carbonyl (C=O) groups is 2. The summed E-state index contributed by atoms with van der Waals surface area (Å²) in [6.45, 7) is 3.80. The van der Waals surface area contributed by atoms with Gasteiger partial charge in [0.05, 0.1) is 5.92 Å². The Balaban J connectivity index is 1.39. The zero-order valence-corrected chi connectivity index (χ0v) is 13.3. The van der Waals surface area contributed by atoms with Crippen molar-refractivity contribution in [1.29, 1.82) is 0 Å². The van der Waals surface area contributed by atoms with Gasteiger partial charge in [0.1, 0.15) is 0 Å². The molecule has 1 N–H and O–H groups in total. The van der Waals surface area contributed by atoms with E-state index in [0.717, 1.165) is 12.2 Å². The first-order valence-electron chi connectivity index (χ1n) is 8.59. The molecule has 0 aromatic heterocycles. The summed E-state index contributed by atoms with van der Waals surface area (Å²) in [6.07, 6.45) is 2.69. The zero-order valence-electron chi connectivity index (χ0n) is 13.3. The number of nitrogens with zero attached hydrogens (tertiary/aromatic N) is 2. The molecule has 4 aliphatic heterocycles. The number of rotatable bonds is 3. The molecule has 5 nitrogen and oxygen atoms in total. The second-order valence-corrected chi connectivity index (χ2v) is 6.99. The van der Waals surface area contributed by atoms with Crippen LogP contribution in [0.2, 0.25) is 0 Å². The van der Waals surface area contributed by atoms with Gasteiger partial charge >= 0.3 is 0 Å². The van der Waals surface area contributed by atoms with Crippen LogP contribution < -0.4 is 10.2 Å². The Hall–Kier alpha value is -1.88. The molecule has 4 aliphatic rings. The zero-order chi connectivity index (χ0) is 15.8. The molecule has 1 aromatic rings. The van der Waals surface area contributed by atoms with Gasteiger partial charge in [-0.2, -0.15) is 0 Å². The number of hydrogen-bond acceptors (Lipinski definition) is 3. The monoisotopic (exact) mass is 313 g/mol. The molecule has 4 heterocycles. The van der Waals surface area contributed by atoms with E-state index >= 15 is 0 Å². The van der Waals surface area contributed by atoms with Crippen molar-refractivity contribution in [2.45, 2.75) is 25.3 Å². The van der Waals surface area contributed by atoms with E-state index in [1.165, 1.54) is 25.9 Å². The molecule has 4 saturated heterocycles. The molecule has 2 unspecified atom stereocenters. The number of carbonyl (C=O) groups excluding carboxylic acids is 2. The molecule has 23 heavy (non-hydrogen) atoms. The van der Waals surface area contributed by atoms with E-state index < -0.39 is 0 Å². The minimum absolute atomic E-state index is 0.0465. The van der Waals surface area contributed by atoms with E-state index in [2.05, 4.69) is 10.2 Å². The first-order valence-corrected chi connectivity index (χ1v) is 8.59. The van der Waals surface area contributed by atoms with E-state index in [1.54, 1.807) is 4.90 Å². The van der Waals surface area contributed by atoms with E-state index in [9.17, 15) is 9.59 Å². The maximum absolute atomic E-state index is 12.6. The van der Waals surface area contributed by atoms with Crippen LogP contribution in [0.4, 0.5) is 5.69 Å². The van der Waals surface area contributed by atoms with E-state index in [-0.39, 0.29) is 23.8 Å². The predicted octanol–water partition coefficient (Wildman–Crippen LogP) is 1.25. The molecule has 2 bridgehead atoms. The molecule has 0 spiro atoms. The quantitative estimate of drug-likeness (QED) is 0.914. The summed E-state index contributed by atoms with van der Waals surface area (Å²) in [5, 5.41) is 3.23. The molecule has 0 saturated carbocycles. The minimum Gasteiger partial charge on any atom is -0.351 e. The van der Waals surface area contributed by atoms with Gasteiger partial charge in [-0.1, -0.05) is 18.2 Å². The van der Waals surface area contributed by atoms with Gasteiger partial charge in [-0.15, -0.1) is 0 Å². The number of piperidine rings is 3. The highest BCUT2D eigenvalue weighted by Crippen LogP contribution is 2.29. The Kier molecular flexibility index (Phi) is 3.81. The van der Waals surface area contributed by atoms with Gasteiger partial charge in [-0.25, -0.2) is 0 Å². The van der Waals surface area contributed by atoms with E-state index in [1.807, 2.05) is 30.3 Å². The lowest BCUT2D eigenvalue weighted by atomic mass is 9.84. The molecule has 0 aliphatic carbocycles. The van der Waals surface area contributed by atoms with E-state index in [4.69, 9.17) is 0 Å². The summed E-state index contributed by atoms with van der Waals surface area (Å²) in [6, 6.07) is 9.89. The molecule has 2 atom stereocenters. The molecular formula is C18H23N3O2. The van der Waals surface area contributed by atoms with Gasteiger partial charge in [0.15, 0.2) is 0 Å². The Bertz CT molecular complexity index is 596. The lowest BCUT2D eigenvalue weighted by Crippen LogP contribution is -2.58. The Morgan fingerprint density at radius 2 is 1.83 bits per heavy atom. The van der Waals surface area contributed by atoms with Gasteiger partial charge in [-0.3, -0.25) is 9.59 Å². The molecule has 4 fully saturated rings. The summed E-state index contributed by atoms with van der Waals surface area (Å²) >= 11 is 0. The molecule has 5 rings (SSSR count). The van der Waals surface area contributed by atoms with Gasteiger partial charge in [0.25, 0.3) is 0 Å². The average Bonchev–Trinajstić information content (AvgIpc) is 2.99.